The molecule has 0 aliphatic carbocycles. The zero-order valence-electron chi connectivity index (χ0n) is 7.79. The Hall–Kier alpha value is -0.760. The molecule has 0 saturated heterocycles. The van der Waals surface area contributed by atoms with Crippen LogP contribution in [0.1, 0.15) is 25.3 Å². The van der Waals surface area contributed by atoms with Gasteiger partial charge in [-0.05, 0) is 45.6 Å². The predicted octanol–water partition coefficient (Wildman–Crippen LogP) is 3.83. The van der Waals surface area contributed by atoms with Crippen molar-refractivity contribution in [2.45, 2.75) is 19.8 Å². The van der Waals surface area contributed by atoms with E-state index in [4.69, 9.17) is 0 Å². The minimum atomic E-state index is 0.596. The second-order valence-corrected chi connectivity index (χ2v) is 4.52. The Bertz CT molecular complexity index is 429. The van der Waals surface area contributed by atoms with E-state index in [1.54, 1.807) is 0 Å². The summed E-state index contributed by atoms with van der Waals surface area (Å²) in [4.78, 5) is 0. The maximum Gasteiger partial charge on any atom is 0.0453 e. The molecule has 13 heavy (non-hydrogen) atoms. The molecule has 68 valence electrons. The molecule has 0 saturated carbocycles. The van der Waals surface area contributed by atoms with Gasteiger partial charge in [-0.1, -0.05) is 13.8 Å². The highest BCUT2D eigenvalue weighted by Crippen LogP contribution is 2.20. The summed E-state index contributed by atoms with van der Waals surface area (Å²) in [7, 11) is 0. The molecule has 0 aliphatic rings. The molecule has 0 unspecified atom stereocenters. The van der Waals surface area contributed by atoms with Crippen LogP contribution in [0.4, 0.5) is 0 Å². The summed E-state index contributed by atoms with van der Waals surface area (Å²) < 4.78 is 3.27. The Kier molecular flexibility index (Phi) is 2.16. The summed E-state index contributed by atoms with van der Waals surface area (Å²) >= 11 is 3.46. The molecule has 2 heteroatoms. The van der Waals surface area contributed by atoms with E-state index in [-0.39, 0.29) is 0 Å². The minimum absolute atomic E-state index is 0.596. The van der Waals surface area contributed by atoms with Crippen LogP contribution in [-0.4, -0.2) is 4.40 Å². The zero-order valence-corrected chi connectivity index (χ0v) is 9.38. The molecule has 0 amide bonds. The largest absolute Gasteiger partial charge is 0.322 e. The van der Waals surface area contributed by atoms with Gasteiger partial charge in [0.05, 0.1) is 0 Å². The number of aromatic nitrogens is 1. The smallest absolute Gasteiger partial charge is 0.0453 e. The van der Waals surface area contributed by atoms with E-state index in [2.05, 4.69) is 64.8 Å². The van der Waals surface area contributed by atoms with Gasteiger partial charge >= 0.3 is 0 Å². The maximum absolute atomic E-state index is 3.46. The average Bonchev–Trinajstić information content (AvgIpc) is 2.46. The summed E-state index contributed by atoms with van der Waals surface area (Å²) in [5.74, 6) is 0.596. The van der Waals surface area contributed by atoms with Gasteiger partial charge in [0.1, 0.15) is 0 Å². The molecule has 0 atom stereocenters. The number of nitrogens with zero attached hydrogens (tertiary/aromatic N) is 1. The van der Waals surface area contributed by atoms with E-state index in [0.29, 0.717) is 5.92 Å². The van der Waals surface area contributed by atoms with Gasteiger partial charge in [0, 0.05) is 22.4 Å². The number of rotatable bonds is 1. The highest BCUT2D eigenvalue weighted by atomic mass is 79.9. The van der Waals surface area contributed by atoms with E-state index in [1.165, 1.54) is 11.1 Å². The molecule has 0 aromatic carbocycles. The van der Waals surface area contributed by atoms with Crippen LogP contribution in [0.2, 0.25) is 0 Å². The molecule has 0 radical (unpaired) electrons. The topological polar surface area (TPSA) is 4.41 Å². The normalized spacial score (nSPS) is 11.4. The summed E-state index contributed by atoms with van der Waals surface area (Å²) in [6.07, 6.45) is 4.27. The third-order valence-electron chi connectivity index (χ3n) is 2.24. The Morgan fingerprint density at radius 2 is 2.00 bits per heavy atom. The van der Waals surface area contributed by atoms with Crippen LogP contribution in [0, 0.1) is 0 Å². The monoisotopic (exact) mass is 237 g/mol. The molecular weight excluding hydrogens is 226 g/mol. The fraction of sp³-hybridized carbons (Fsp3) is 0.273. The van der Waals surface area contributed by atoms with Crippen molar-refractivity contribution >= 4 is 21.4 Å². The molecule has 1 nitrogen and oxygen atoms in total. The van der Waals surface area contributed by atoms with Crippen LogP contribution in [0.15, 0.2) is 35.1 Å². The van der Waals surface area contributed by atoms with Crippen LogP contribution in [0.5, 0.6) is 0 Å². The summed E-state index contributed by atoms with van der Waals surface area (Å²) in [6, 6.07) is 6.42. The van der Waals surface area contributed by atoms with Crippen molar-refractivity contribution in [2.75, 3.05) is 0 Å². The first-order valence-electron chi connectivity index (χ1n) is 4.44. The molecule has 0 fully saturated rings. The Morgan fingerprint density at radius 3 is 2.69 bits per heavy atom. The number of fused-ring (bicyclic) bond motifs is 1. The fourth-order valence-corrected chi connectivity index (χ4v) is 1.77. The highest BCUT2D eigenvalue weighted by molar-refractivity contribution is 9.10. The van der Waals surface area contributed by atoms with Crippen LogP contribution in [-0.2, 0) is 0 Å². The van der Waals surface area contributed by atoms with Crippen molar-refractivity contribution in [3.05, 3.63) is 40.6 Å². The van der Waals surface area contributed by atoms with E-state index in [0.717, 1.165) is 4.47 Å². The second kappa shape index (κ2) is 3.18. The Morgan fingerprint density at radius 1 is 1.23 bits per heavy atom. The van der Waals surface area contributed by atoms with E-state index in [1.807, 2.05) is 0 Å². The number of pyridine rings is 1. The lowest BCUT2D eigenvalue weighted by atomic mass is 10.1. The first kappa shape index (κ1) is 8.82. The van der Waals surface area contributed by atoms with Gasteiger partial charge in [-0.2, -0.15) is 0 Å². The molecule has 0 bridgehead atoms. The van der Waals surface area contributed by atoms with Crippen LogP contribution < -0.4 is 0 Å². The van der Waals surface area contributed by atoms with Gasteiger partial charge in [-0.25, -0.2) is 0 Å². The molecule has 2 aromatic rings. The van der Waals surface area contributed by atoms with Crippen LogP contribution in [0.3, 0.4) is 0 Å². The maximum atomic E-state index is 3.46. The lowest BCUT2D eigenvalue weighted by Gasteiger charge is -1.96. The molecule has 0 spiro atoms. The molecule has 2 aromatic heterocycles. The van der Waals surface area contributed by atoms with Crippen molar-refractivity contribution in [3.8, 4) is 0 Å². The predicted molar refractivity (Wildman–Crippen MR) is 59.2 cm³/mol. The third kappa shape index (κ3) is 1.63. The van der Waals surface area contributed by atoms with E-state index >= 15 is 0 Å². The van der Waals surface area contributed by atoms with Crippen molar-refractivity contribution in [1.82, 2.24) is 4.40 Å². The molecule has 0 aliphatic heterocycles. The highest BCUT2D eigenvalue weighted by Gasteiger charge is 2.02. The third-order valence-corrected chi connectivity index (χ3v) is 2.71. The van der Waals surface area contributed by atoms with Gasteiger partial charge < -0.3 is 4.40 Å². The SMILES string of the molecule is CC(C)c1cc2ccc(Br)cn2c1. The minimum Gasteiger partial charge on any atom is -0.322 e. The lowest BCUT2D eigenvalue weighted by Crippen LogP contribution is -1.82. The fourth-order valence-electron chi connectivity index (χ4n) is 1.42. The second-order valence-electron chi connectivity index (χ2n) is 3.61. The van der Waals surface area contributed by atoms with Crippen molar-refractivity contribution in [1.29, 1.82) is 0 Å². The standard InChI is InChI=1S/C11H12BrN/c1-8(2)9-5-11-4-3-10(12)7-13(11)6-9/h3-8H,1-2H3. The average molecular weight is 238 g/mol. The van der Waals surface area contributed by atoms with E-state index < -0.39 is 0 Å². The van der Waals surface area contributed by atoms with Gasteiger partial charge in [0.15, 0.2) is 0 Å². The van der Waals surface area contributed by atoms with Crippen LogP contribution >= 0.6 is 15.9 Å². The molecule has 2 heterocycles. The van der Waals surface area contributed by atoms with Crippen molar-refractivity contribution in [2.24, 2.45) is 0 Å². The first-order chi connectivity index (χ1) is 6.16. The number of hydrogen-bond acceptors (Lipinski definition) is 0. The first-order valence-corrected chi connectivity index (χ1v) is 5.23. The van der Waals surface area contributed by atoms with Gasteiger partial charge in [-0.15, -0.1) is 0 Å². The molecule has 0 N–H and O–H groups in total. The van der Waals surface area contributed by atoms with Crippen molar-refractivity contribution < 1.29 is 0 Å². The molecule has 2 rings (SSSR count). The van der Waals surface area contributed by atoms with E-state index in [9.17, 15) is 0 Å². The van der Waals surface area contributed by atoms with Crippen molar-refractivity contribution in [3.63, 3.8) is 0 Å². The number of hydrogen-bond donors (Lipinski definition) is 0. The zero-order chi connectivity index (χ0) is 9.42. The summed E-state index contributed by atoms with van der Waals surface area (Å²) in [6.45, 7) is 4.42. The Labute approximate surface area is 86.5 Å². The van der Waals surface area contributed by atoms with Gasteiger partial charge in [0.25, 0.3) is 0 Å². The van der Waals surface area contributed by atoms with Crippen LogP contribution in [0.25, 0.3) is 5.52 Å². The van der Waals surface area contributed by atoms with Gasteiger partial charge in [0.2, 0.25) is 0 Å². The lowest BCUT2D eigenvalue weighted by molar-refractivity contribution is 0.865. The number of halogens is 1. The molecular formula is C11H12BrN. The van der Waals surface area contributed by atoms with Gasteiger partial charge in [-0.3, -0.25) is 0 Å². The Balaban J connectivity index is 2.62. The quantitative estimate of drug-likeness (QED) is 0.711. The summed E-state index contributed by atoms with van der Waals surface area (Å²) in [5, 5.41) is 0. The summed E-state index contributed by atoms with van der Waals surface area (Å²) in [5.41, 5.74) is 2.64.